The van der Waals surface area contributed by atoms with Crippen LogP contribution in [0.2, 0.25) is 0 Å². The second-order valence-corrected chi connectivity index (χ2v) is 5.41. The van der Waals surface area contributed by atoms with Gasteiger partial charge in [-0.2, -0.15) is 0 Å². The van der Waals surface area contributed by atoms with E-state index in [-0.39, 0.29) is 17.9 Å². The van der Waals surface area contributed by atoms with Gasteiger partial charge in [-0.1, -0.05) is 6.07 Å². The van der Waals surface area contributed by atoms with Crippen LogP contribution in [-0.2, 0) is 4.79 Å². The average molecular weight is 283 g/mol. The minimum absolute atomic E-state index is 0.00844. The van der Waals surface area contributed by atoms with E-state index in [9.17, 15) is 4.79 Å². The lowest BCUT2D eigenvalue weighted by Crippen LogP contribution is -2.38. The Labute approximate surface area is 118 Å². The lowest BCUT2D eigenvalue weighted by molar-refractivity contribution is -0.121. The highest BCUT2D eigenvalue weighted by Crippen LogP contribution is 2.35. The average Bonchev–Trinajstić information content (AvgIpc) is 2.37. The summed E-state index contributed by atoms with van der Waals surface area (Å²) in [5.41, 5.74) is 1.83. The molecule has 2 rings (SSSR count). The zero-order valence-electron chi connectivity index (χ0n) is 11.5. The smallest absolute Gasteiger partial charge is 0.265 e. The number of fused-ring (bicyclic) bond motifs is 1. The van der Waals surface area contributed by atoms with E-state index in [1.165, 1.54) is 0 Å². The summed E-state index contributed by atoms with van der Waals surface area (Å²) in [6.07, 6.45) is 0. The van der Waals surface area contributed by atoms with Gasteiger partial charge >= 0.3 is 0 Å². The Hall–Kier alpha value is -1.26. The predicted octanol–water partition coefficient (Wildman–Crippen LogP) is 2.27. The number of amides is 1. The molecule has 0 saturated heterocycles. The van der Waals surface area contributed by atoms with Gasteiger partial charge in [0.2, 0.25) is 0 Å². The van der Waals surface area contributed by atoms with Gasteiger partial charge in [0.25, 0.3) is 5.91 Å². The summed E-state index contributed by atoms with van der Waals surface area (Å²) < 4.78 is 5.44. The van der Waals surface area contributed by atoms with E-state index in [0.717, 1.165) is 23.5 Å². The first-order valence-corrected chi connectivity index (χ1v) is 6.82. The van der Waals surface area contributed by atoms with Crippen molar-refractivity contribution in [2.45, 2.75) is 12.3 Å². The standard InChI is InChI=1S/C14H19ClN2O2/c1-4-17-12-7-10(11(15)8-16(2)3)5-6-13(12)19-9-14(17)18/h5-7,11H,4,8-9H2,1-3H3. The fourth-order valence-electron chi connectivity index (χ4n) is 2.19. The minimum atomic E-state index is -0.101. The molecule has 0 saturated carbocycles. The maximum absolute atomic E-state index is 11.8. The number of alkyl halides is 1. The molecule has 104 valence electrons. The topological polar surface area (TPSA) is 32.8 Å². The molecular weight excluding hydrogens is 264 g/mol. The van der Waals surface area contributed by atoms with Crippen LogP contribution in [0.3, 0.4) is 0 Å². The molecular formula is C14H19ClN2O2. The van der Waals surface area contributed by atoms with Gasteiger partial charge in [-0.15, -0.1) is 11.6 Å². The first-order valence-electron chi connectivity index (χ1n) is 6.38. The van der Waals surface area contributed by atoms with Crippen molar-refractivity contribution in [3.63, 3.8) is 0 Å². The number of carbonyl (C=O) groups excluding carboxylic acids is 1. The molecule has 0 radical (unpaired) electrons. The SMILES string of the molecule is CCN1C(=O)COc2ccc(C(Cl)CN(C)C)cc21. The highest BCUT2D eigenvalue weighted by Gasteiger charge is 2.25. The van der Waals surface area contributed by atoms with Crippen molar-refractivity contribution in [3.8, 4) is 5.75 Å². The highest BCUT2D eigenvalue weighted by molar-refractivity contribution is 6.21. The Morgan fingerprint density at radius 3 is 2.84 bits per heavy atom. The number of hydrogen-bond donors (Lipinski definition) is 0. The summed E-state index contributed by atoms with van der Waals surface area (Å²) in [5, 5.41) is -0.101. The van der Waals surface area contributed by atoms with Crippen LogP contribution in [-0.4, -0.2) is 44.6 Å². The Morgan fingerprint density at radius 2 is 2.21 bits per heavy atom. The van der Waals surface area contributed by atoms with E-state index < -0.39 is 0 Å². The maximum Gasteiger partial charge on any atom is 0.265 e. The van der Waals surface area contributed by atoms with Crippen LogP contribution in [0.1, 0.15) is 17.9 Å². The van der Waals surface area contributed by atoms with Crippen LogP contribution in [0.25, 0.3) is 0 Å². The second kappa shape index (κ2) is 5.80. The van der Waals surface area contributed by atoms with E-state index >= 15 is 0 Å². The number of rotatable bonds is 4. The van der Waals surface area contributed by atoms with Crippen LogP contribution in [0.4, 0.5) is 5.69 Å². The van der Waals surface area contributed by atoms with E-state index in [2.05, 4.69) is 0 Å². The summed E-state index contributed by atoms with van der Waals surface area (Å²) in [6.45, 7) is 3.46. The van der Waals surface area contributed by atoms with Crippen molar-refractivity contribution in [2.24, 2.45) is 0 Å². The van der Waals surface area contributed by atoms with Gasteiger partial charge < -0.3 is 14.5 Å². The van der Waals surface area contributed by atoms with Gasteiger partial charge in [0.15, 0.2) is 6.61 Å². The molecule has 19 heavy (non-hydrogen) atoms. The Bertz CT molecular complexity index is 477. The second-order valence-electron chi connectivity index (χ2n) is 4.88. The molecule has 1 aromatic carbocycles. The highest BCUT2D eigenvalue weighted by atomic mass is 35.5. The van der Waals surface area contributed by atoms with Crippen molar-refractivity contribution in [1.82, 2.24) is 4.90 Å². The van der Waals surface area contributed by atoms with Crippen LogP contribution in [0.5, 0.6) is 5.75 Å². The number of ether oxygens (including phenoxy) is 1. The Balaban J connectivity index is 2.31. The number of anilines is 1. The first kappa shape index (κ1) is 14.2. The molecule has 1 aliphatic rings. The molecule has 4 nitrogen and oxygen atoms in total. The third kappa shape index (κ3) is 3.01. The van der Waals surface area contributed by atoms with Crippen molar-refractivity contribution in [2.75, 3.05) is 38.7 Å². The van der Waals surface area contributed by atoms with Crippen LogP contribution in [0, 0.1) is 0 Å². The summed E-state index contributed by atoms with van der Waals surface area (Å²) in [7, 11) is 3.97. The quantitative estimate of drug-likeness (QED) is 0.794. The van der Waals surface area contributed by atoms with E-state index in [1.54, 1.807) is 4.90 Å². The van der Waals surface area contributed by atoms with Crippen molar-refractivity contribution in [1.29, 1.82) is 0 Å². The zero-order valence-corrected chi connectivity index (χ0v) is 12.3. The zero-order chi connectivity index (χ0) is 14.0. The van der Waals surface area contributed by atoms with E-state index in [1.807, 2.05) is 44.1 Å². The summed E-state index contributed by atoms with van der Waals surface area (Å²) >= 11 is 6.39. The van der Waals surface area contributed by atoms with Crippen molar-refractivity contribution >= 4 is 23.2 Å². The van der Waals surface area contributed by atoms with Gasteiger partial charge in [0.05, 0.1) is 11.1 Å². The minimum Gasteiger partial charge on any atom is -0.482 e. The van der Waals surface area contributed by atoms with E-state index in [0.29, 0.717) is 6.54 Å². The predicted molar refractivity (Wildman–Crippen MR) is 77.1 cm³/mol. The number of benzene rings is 1. The molecule has 0 bridgehead atoms. The molecule has 0 spiro atoms. The number of hydrogen-bond acceptors (Lipinski definition) is 3. The number of halogens is 1. The summed E-state index contributed by atoms with van der Waals surface area (Å²) in [4.78, 5) is 15.6. The molecule has 1 atom stereocenters. The third-order valence-corrected chi connectivity index (χ3v) is 3.52. The number of likely N-dealkylation sites (N-methyl/N-ethyl adjacent to an activating group) is 2. The van der Waals surface area contributed by atoms with E-state index in [4.69, 9.17) is 16.3 Å². The normalized spacial score (nSPS) is 16.3. The first-order chi connectivity index (χ1) is 9.02. The molecule has 5 heteroatoms. The Morgan fingerprint density at radius 1 is 1.47 bits per heavy atom. The molecule has 1 unspecified atom stereocenters. The van der Waals surface area contributed by atoms with Gasteiger partial charge in [-0.05, 0) is 38.7 Å². The van der Waals surface area contributed by atoms with Gasteiger partial charge in [-0.25, -0.2) is 0 Å². The van der Waals surface area contributed by atoms with Gasteiger partial charge in [-0.3, -0.25) is 4.79 Å². The Kier molecular flexibility index (Phi) is 4.32. The molecule has 0 aliphatic carbocycles. The lowest BCUT2D eigenvalue weighted by Gasteiger charge is -2.29. The fraction of sp³-hybridized carbons (Fsp3) is 0.500. The van der Waals surface area contributed by atoms with Gasteiger partial charge in [0.1, 0.15) is 5.75 Å². The summed E-state index contributed by atoms with van der Waals surface area (Å²) in [5.74, 6) is 0.741. The van der Waals surface area contributed by atoms with Crippen LogP contribution >= 0.6 is 11.6 Å². The van der Waals surface area contributed by atoms with Crippen LogP contribution < -0.4 is 9.64 Å². The number of carbonyl (C=O) groups is 1. The number of nitrogens with zero attached hydrogens (tertiary/aromatic N) is 2. The maximum atomic E-state index is 11.8. The fourth-order valence-corrected chi connectivity index (χ4v) is 2.60. The molecule has 0 N–H and O–H groups in total. The van der Waals surface area contributed by atoms with Gasteiger partial charge in [0, 0.05) is 13.1 Å². The summed E-state index contributed by atoms with van der Waals surface area (Å²) in [6, 6.07) is 5.81. The van der Waals surface area contributed by atoms with Crippen molar-refractivity contribution < 1.29 is 9.53 Å². The molecule has 0 fully saturated rings. The van der Waals surface area contributed by atoms with Crippen LogP contribution in [0.15, 0.2) is 18.2 Å². The monoisotopic (exact) mass is 282 g/mol. The molecule has 1 heterocycles. The molecule has 0 aromatic heterocycles. The molecule has 1 aliphatic heterocycles. The third-order valence-electron chi connectivity index (χ3n) is 3.13. The lowest BCUT2D eigenvalue weighted by atomic mass is 10.1. The molecule has 1 aromatic rings. The molecule has 1 amide bonds. The van der Waals surface area contributed by atoms with Crippen molar-refractivity contribution in [3.05, 3.63) is 23.8 Å². The largest absolute Gasteiger partial charge is 0.482 e.